The predicted molar refractivity (Wildman–Crippen MR) is 108 cm³/mol. The van der Waals surface area contributed by atoms with Crippen molar-refractivity contribution in [3.8, 4) is 6.07 Å². The standard InChI is InChI=1S/C21H11F3N4O3S/c22-12-2-1-3-13(8-12)32(30,31)28-16-5-4-15(23)18(19(16)24)20(29)14-10-27-21-17(14)11(9-25)6-7-26-21/h1-8,10,28H,(H,26,27). The number of aromatic amines is 1. The number of hydrogen-bond donors (Lipinski definition) is 2. The lowest BCUT2D eigenvalue weighted by atomic mass is 10.00. The van der Waals surface area contributed by atoms with Gasteiger partial charge in [-0.25, -0.2) is 26.6 Å². The van der Waals surface area contributed by atoms with Gasteiger partial charge in [0.05, 0.1) is 33.3 Å². The van der Waals surface area contributed by atoms with E-state index in [1.165, 1.54) is 12.3 Å². The van der Waals surface area contributed by atoms with E-state index in [1.54, 1.807) is 0 Å². The summed E-state index contributed by atoms with van der Waals surface area (Å²) in [5, 5.41) is 9.36. The predicted octanol–water partition coefficient (Wildman–Crippen LogP) is 3.88. The van der Waals surface area contributed by atoms with E-state index in [9.17, 15) is 27.3 Å². The number of sulfonamides is 1. The van der Waals surface area contributed by atoms with Gasteiger partial charge >= 0.3 is 0 Å². The van der Waals surface area contributed by atoms with E-state index in [0.29, 0.717) is 0 Å². The molecule has 7 nitrogen and oxygen atoms in total. The van der Waals surface area contributed by atoms with E-state index in [2.05, 4.69) is 9.97 Å². The van der Waals surface area contributed by atoms with Gasteiger partial charge in [-0.2, -0.15) is 5.26 Å². The van der Waals surface area contributed by atoms with Crippen LogP contribution in [-0.2, 0) is 10.0 Å². The van der Waals surface area contributed by atoms with Crippen LogP contribution in [0.25, 0.3) is 11.0 Å². The first-order valence-electron chi connectivity index (χ1n) is 8.90. The van der Waals surface area contributed by atoms with Gasteiger partial charge in [0, 0.05) is 17.8 Å². The average Bonchev–Trinajstić information content (AvgIpc) is 3.20. The maximum absolute atomic E-state index is 15.1. The molecule has 2 aromatic carbocycles. The van der Waals surface area contributed by atoms with Gasteiger partial charge in [0.2, 0.25) is 5.78 Å². The number of carbonyl (C=O) groups is 1. The Bertz CT molecular complexity index is 1540. The van der Waals surface area contributed by atoms with Crippen molar-refractivity contribution in [3.63, 3.8) is 0 Å². The summed E-state index contributed by atoms with van der Waals surface area (Å²) in [4.78, 5) is 19.1. The maximum atomic E-state index is 15.1. The third-order valence-corrected chi connectivity index (χ3v) is 5.97. The fraction of sp³-hybridized carbons (Fsp3) is 0. The molecular weight excluding hydrogens is 445 g/mol. The molecule has 0 atom stereocenters. The third-order valence-electron chi connectivity index (χ3n) is 4.61. The molecule has 0 bridgehead atoms. The summed E-state index contributed by atoms with van der Waals surface area (Å²) in [6.45, 7) is 0. The third kappa shape index (κ3) is 3.57. The summed E-state index contributed by atoms with van der Waals surface area (Å²) in [5.41, 5.74) is -1.73. The first-order valence-corrected chi connectivity index (χ1v) is 10.4. The molecule has 0 spiro atoms. The molecule has 0 aliphatic rings. The molecule has 0 fully saturated rings. The fourth-order valence-electron chi connectivity index (χ4n) is 3.14. The Morgan fingerprint density at radius 1 is 1.12 bits per heavy atom. The monoisotopic (exact) mass is 456 g/mol. The number of hydrogen-bond acceptors (Lipinski definition) is 5. The van der Waals surface area contributed by atoms with Crippen molar-refractivity contribution in [1.29, 1.82) is 5.26 Å². The van der Waals surface area contributed by atoms with E-state index in [0.717, 1.165) is 42.6 Å². The normalized spacial score (nSPS) is 11.3. The summed E-state index contributed by atoms with van der Waals surface area (Å²) in [6.07, 6.45) is 2.48. The Labute approximate surface area is 179 Å². The number of carbonyl (C=O) groups excluding carboxylic acids is 1. The quantitative estimate of drug-likeness (QED) is 0.442. The Morgan fingerprint density at radius 3 is 2.62 bits per heavy atom. The smallest absolute Gasteiger partial charge is 0.262 e. The minimum absolute atomic E-state index is 0.0587. The van der Waals surface area contributed by atoms with Crippen molar-refractivity contribution in [2.24, 2.45) is 0 Å². The highest BCUT2D eigenvalue weighted by atomic mass is 32.2. The van der Waals surface area contributed by atoms with Crippen molar-refractivity contribution >= 4 is 32.5 Å². The van der Waals surface area contributed by atoms with Crippen LogP contribution in [0.2, 0.25) is 0 Å². The van der Waals surface area contributed by atoms with Gasteiger partial charge in [0.15, 0.2) is 5.82 Å². The summed E-state index contributed by atoms with van der Waals surface area (Å²) < 4.78 is 69.9. The molecular formula is C21H11F3N4O3S. The van der Waals surface area contributed by atoms with Crippen molar-refractivity contribution in [2.45, 2.75) is 4.90 Å². The van der Waals surface area contributed by atoms with Gasteiger partial charge in [-0.1, -0.05) is 6.07 Å². The summed E-state index contributed by atoms with van der Waals surface area (Å²) >= 11 is 0. The van der Waals surface area contributed by atoms with Crippen LogP contribution in [0.5, 0.6) is 0 Å². The molecule has 11 heteroatoms. The molecule has 160 valence electrons. The first-order chi connectivity index (χ1) is 15.2. The molecule has 0 saturated heterocycles. The number of nitriles is 1. The van der Waals surface area contributed by atoms with Gasteiger partial charge in [-0.3, -0.25) is 9.52 Å². The van der Waals surface area contributed by atoms with Crippen LogP contribution in [0.4, 0.5) is 18.9 Å². The molecule has 4 aromatic rings. The zero-order valence-electron chi connectivity index (χ0n) is 15.9. The number of H-pyrrole nitrogens is 1. The minimum Gasteiger partial charge on any atom is -0.345 e. The molecule has 0 unspecified atom stereocenters. The van der Waals surface area contributed by atoms with E-state index >= 15 is 4.39 Å². The number of pyridine rings is 1. The number of aromatic nitrogens is 2. The van der Waals surface area contributed by atoms with Crippen LogP contribution in [0.1, 0.15) is 21.5 Å². The second-order valence-corrected chi connectivity index (χ2v) is 8.25. The molecule has 32 heavy (non-hydrogen) atoms. The second kappa shape index (κ2) is 7.82. The zero-order valence-corrected chi connectivity index (χ0v) is 16.7. The minimum atomic E-state index is -4.44. The van der Waals surface area contributed by atoms with Crippen LogP contribution in [0.15, 0.2) is 59.8 Å². The Hall–Kier alpha value is -4.17. The van der Waals surface area contributed by atoms with Crippen molar-refractivity contribution in [1.82, 2.24) is 9.97 Å². The van der Waals surface area contributed by atoms with Gasteiger partial charge in [0.1, 0.15) is 17.3 Å². The second-order valence-electron chi connectivity index (χ2n) is 6.57. The highest BCUT2D eigenvalue weighted by Crippen LogP contribution is 2.29. The maximum Gasteiger partial charge on any atom is 0.262 e. The number of anilines is 1. The zero-order chi connectivity index (χ0) is 23.0. The van der Waals surface area contributed by atoms with Crippen LogP contribution in [0.3, 0.4) is 0 Å². The van der Waals surface area contributed by atoms with Gasteiger partial charge in [-0.15, -0.1) is 0 Å². The number of ketones is 1. The number of nitrogens with zero attached hydrogens (tertiary/aromatic N) is 2. The Kier molecular flexibility index (Phi) is 5.15. The van der Waals surface area contributed by atoms with Gasteiger partial charge in [0.25, 0.3) is 10.0 Å². The molecule has 0 saturated carbocycles. The molecule has 2 heterocycles. The fourth-order valence-corrected chi connectivity index (χ4v) is 4.23. The molecule has 2 N–H and O–H groups in total. The van der Waals surface area contributed by atoms with Crippen LogP contribution in [0, 0.1) is 28.8 Å². The lowest BCUT2D eigenvalue weighted by Gasteiger charge is -2.12. The molecule has 0 aliphatic heterocycles. The number of nitrogens with one attached hydrogen (secondary N) is 2. The van der Waals surface area contributed by atoms with Crippen LogP contribution >= 0.6 is 0 Å². The van der Waals surface area contributed by atoms with Gasteiger partial charge in [-0.05, 0) is 36.4 Å². The molecule has 0 radical (unpaired) electrons. The van der Waals surface area contributed by atoms with Crippen molar-refractivity contribution in [3.05, 3.63) is 89.0 Å². The SMILES string of the molecule is N#Cc1ccnc2[nH]cc(C(=O)c3c(F)ccc(NS(=O)(=O)c4cccc(F)c4)c3F)c12. The largest absolute Gasteiger partial charge is 0.345 e. The topological polar surface area (TPSA) is 116 Å². The van der Waals surface area contributed by atoms with E-state index < -0.39 is 49.4 Å². The number of rotatable bonds is 5. The molecule has 0 amide bonds. The summed E-state index contributed by atoms with van der Waals surface area (Å²) in [6, 6.07) is 8.72. The number of fused-ring (bicyclic) bond motifs is 1. The van der Waals surface area contributed by atoms with Crippen molar-refractivity contribution in [2.75, 3.05) is 4.72 Å². The molecule has 0 aliphatic carbocycles. The van der Waals surface area contributed by atoms with E-state index in [4.69, 9.17) is 0 Å². The van der Waals surface area contributed by atoms with E-state index in [1.807, 2.05) is 10.8 Å². The van der Waals surface area contributed by atoms with Crippen LogP contribution < -0.4 is 4.72 Å². The summed E-state index contributed by atoms with van der Waals surface area (Å²) in [7, 11) is -4.44. The number of benzene rings is 2. The summed E-state index contributed by atoms with van der Waals surface area (Å²) in [5.74, 6) is -4.66. The average molecular weight is 456 g/mol. The Balaban J connectivity index is 1.80. The van der Waals surface area contributed by atoms with Gasteiger partial charge < -0.3 is 4.98 Å². The molecule has 4 rings (SSSR count). The lowest BCUT2D eigenvalue weighted by molar-refractivity contribution is 0.103. The number of halogens is 3. The first kappa shape index (κ1) is 21.1. The van der Waals surface area contributed by atoms with Crippen LogP contribution in [-0.4, -0.2) is 24.2 Å². The highest BCUT2D eigenvalue weighted by molar-refractivity contribution is 7.92. The van der Waals surface area contributed by atoms with E-state index in [-0.39, 0.29) is 22.2 Å². The lowest BCUT2D eigenvalue weighted by Crippen LogP contribution is -2.16. The Morgan fingerprint density at radius 2 is 1.91 bits per heavy atom. The molecule has 2 aromatic heterocycles. The van der Waals surface area contributed by atoms with Crippen molar-refractivity contribution < 1.29 is 26.4 Å². The highest BCUT2D eigenvalue weighted by Gasteiger charge is 2.27.